The van der Waals surface area contributed by atoms with Gasteiger partial charge in [-0.1, -0.05) is 0 Å². The van der Waals surface area contributed by atoms with Crippen molar-refractivity contribution >= 4 is 11.9 Å². The molecule has 226 valence electrons. The highest BCUT2D eigenvalue weighted by Crippen LogP contribution is 2.08. The van der Waals surface area contributed by atoms with E-state index >= 15 is 0 Å². The third-order valence-corrected chi connectivity index (χ3v) is 4.23. The Balaban J connectivity index is 3.13. The summed E-state index contributed by atoms with van der Waals surface area (Å²) in [7, 11) is 0. The first-order valence-corrected chi connectivity index (χ1v) is 13.3. The molecule has 0 atom stereocenters. The van der Waals surface area contributed by atoms with Crippen molar-refractivity contribution in [1.82, 2.24) is 0 Å². The van der Waals surface area contributed by atoms with Crippen molar-refractivity contribution in [3.05, 3.63) is 0 Å². The van der Waals surface area contributed by atoms with Crippen LogP contribution in [0.25, 0.3) is 0 Å². The Morgan fingerprint density at radius 2 is 0.711 bits per heavy atom. The standard InChI is InChI=1S/C26H50O12/c1-5-37-24(27)6-8-29-10-12-31-14-16-33-18-20-35-22-23-36-21-19-34-17-15-32-13-11-30-9-7-25(28)38-26(2,3)4/h5-23H2,1-4H3. The fourth-order valence-electron chi connectivity index (χ4n) is 2.58. The second-order valence-corrected chi connectivity index (χ2v) is 8.79. The van der Waals surface area contributed by atoms with Gasteiger partial charge in [-0.3, -0.25) is 9.59 Å². The van der Waals surface area contributed by atoms with Crippen LogP contribution in [-0.2, 0) is 57.0 Å². The first kappa shape index (κ1) is 36.6. The van der Waals surface area contributed by atoms with E-state index in [9.17, 15) is 9.59 Å². The SMILES string of the molecule is CCOC(=O)CCOCCOCCOCCOCCOCCOCCOCCOCCC(=O)OC(C)(C)C. The number of rotatable bonds is 28. The lowest BCUT2D eigenvalue weighted by molar-refractivity contribution is -0.156. The average Bonchev–Trinajstić information content (AvgIpc) is 2.85. The van der Waals surface area contributed by atoms with Gasteiger partial charge in [0.25, 0.3) is 0 Å². The molecule has 0 aliphatic rings. The van der Waals surface area contributed by atoms with E-state index in [1.54, 1.807) is 6.92 Å². The number of hydrogen-bond acceptors (Lipinski definition) is 12. The monoisotopic (exact) mass is 554 g/mol. The summed E-state index contributed by atoms with van der Waals surface area (Å²) >= 11 is 0. The van der Waals surface area contributed by atoms with Crippen molar-refractivity contribution in [3.8, 4) is 0 Å². The van der Waals surface area contributed by atoms with E-state index in [0.717, 1.165) is 0 Å². The number of esters is 2. The van der Waals surface area contributed by atoms with Gasteiger partial charge in [0.1, 0.15) is 5.60 Å². The molecule has 0 bridgehead atoms. The van der Waals surface area contributed by atoms with Crippen molar-refractivity contribution in [1.29, 1.82) is 0 Å². The number of hydrogen-bond donors (Lipinski definition) is 0. The van der Waals surface area contributed by atoms with E-state index in [0.29, 0.717) is 112 Å². The van der Waals surface area contributed by atoms with E-state index in [1.807, 2.05) is 20.8 Å². The lowest BCUT2D eigenvalue weighted by Gasteiger charge is -2.19. The minimum atomic E-state index is -0.473. The van der Waals surface area contributed by atoms with Crippen LogP contribution in [0, 0.1) is 0 Å². The highest BCUT2D eigenvalue weighted by atomic mass is 16.6. The zero-order chi connectivity index (χ0) is 28.2. The molecule has 0 aromatic carbocycles. The fourth-order valence-corrected chi connectivity index (χ4v) is 2.58. The summed E-state index contributed by atoms with van der Waals surface area (Å²) in [6.45, 7) is 14.8. The zero-order valence-electron chi connectivity index (χ0n) is 23.8. The van der Waals surface area contributed by atoms with Gasteiger partial charge >= 0.3 is 11.9 Å². The summed E-state index contributed by atoms with van der Waals surface area (Å²) < 4.78 is 53.1. The van der Waals surface area contributed by atoms with Crippen LogP contribution in [0.15, 0.2) is 0 Å². The minimum Gasteiger partial charge on any atom is -0.466 e. The first-order chi connectivity index (χ1) is 18.3. The highest BCUT2D eigenvalue weighted by molar-refractivity contribution is 5.70. The molecule has 12 nitrogen and oxygen atoms in total. The van der Waals surface area contributed by atoms with Crippen LogP contribution in [-0.4, -0.2) is 130 Å². The topological polar surface area (TPSA) is 126 Å². The Morgan fingerprint density at radius 3 is 0.974 bits per heavy atom. The van der Waals surface area contributed by atoms with E-state index in [2.05, 4.69) is 0 Å². The number of carbonyl (C=O) groups is 2. The molecule has 0 saturated carbocycles. The summed E-state index contributed by atoms with van der Waals surface area (Å²) in [6, 6.07) is 0. The van der Waals surface area contributed by atoms with Crippen molar-refractivity contribution in [3.63, 3.8) is 0 Å². The van der Waals surface area contributed by atoms with Crippen LogP contribution in [0.4, 0.5) is 0 Å². The predicted octanol–water partition coefficient (Wildman–Crippen LogP) is 1.80. The van der Waals surface area contributed by atoms with Gasteiger partial charge in [0.15, 0.2) is 0 Å². The molecule has 0 spiro atoms. The maximum absolute atomic E-state index is 11.5. The zero-order valence-corrected chi connectivity index (χ0v) is 23.8. The van der Waals surface area contributed by atoms with Gasteiger partial charge in [-0.25, -0.2) is 0 Å². The van der Waals surface area contributed by atoms with Crippen LogP contribution >= 0.6 is 0 Å². The molecule has 0 aromatic heterocycles. The third kappa shape index (κ3) is 30.8. The van der Waals surface area contributed by atoms with Gasteiger partial charge in [0.05, 0.1) is 125 Å². The molecule has 0 unspecified atom stereocenters. The summed E-state index contributed by atoms with van der Waals surface area (Å²) in [6.07, 6.45) is 0.485. The number of carbonyl (C=O) groups excluding carboxylic acids is 2. The fraction of sp³-hybridized carbons (Fsp3) is 0.923. The Bertz CT molecular complexity index is 539. The van der Waals surface area contributed by atoms with Gasteiger partial charge in [-0.05, 0) is 27.7 Å². The van der Waals surface area contributed by atoms with Crippen molar-refractivity contribution in [2.75, 3.05) is 112 Å². The van der Waals surface area contributed by atoms with Gasteiger partial charge in [-0.15, -0.1) is 0 Å². The summed E-state index contributed by atoms with van der Waals surface area (Å²) in [5, 5.41) is 0. The molecule has 0 N–H and O–H groups in total. The van der Waals surface area contributed by atoms with E-state index in [1.165, 1.54) is 0 Å². The first-order valence-electron chi connectivity index (χ1n) is 13.3. The second-order valence-electron chi connectivity index (χ2n) is 8.79. The van der Waals surface area contributed by atoms with E-state index < -0.39 is 5.60 Å². The van der Waals surface area contributed by atoms with Gasteiger partial charge in [-0.2, -0.15) is 0 Å². The predicted molar refractivity (Wildman–Crippen MR) is 138 cm³/mol. The Kier molecular flexibility index (Phi) is 26.2. The van der Waals surface area contributed by atoms with Crippen LogP contribution in [0.2, 0.25) is 0 Å². The lowest BCUT2D eigenvalue weighted by Crippen LogP contribution is -2.24. The van der Waals surface area contributed by atoms with Crippen LogP contribution in [0.5, 0.6) is 0 Å². The van der Waals surface area contributed by atoms with Crippen molar-refractivity contribution in [2.24, 2.45) is 0 Å². The molecular weight excluding hydrogens is 504 g/mol. The summed E-state index contributed by atoms with van der Waals surface area (Å²) in [4.78, 5) is 22.6. The molecule has 0 heterocycles. The quantitative estimate of drug-likeness (QED) is 0.103. The van der Waals surface area contributed by atoms with Crippen LogP contribution in [0.1, 0.15) is 40.5 Å². The Hall–Kier alpha value is -1.38. The molecule has 0 aliphatic carbocycles. The maximum atomic E-state index is 11.5. The molecular formula is C26H50O12. The van der Waals surface area contributed by atoms with E-state index in [-0.39, 0.29) is 24.8 Å². The van der Waals surface area contributed by atoms with Crippen LogP contribution in [0.3, 0.4) is 0 Å². The molecule has 0 aliphatic heterocycles. The van der Waals surface area contributed by atoms with E-state index in [4.69, 9.17) is 47.4 Å². The number of ether oxygens (including phenoxy) is 10. The average molecular weight is 555 g/mol. The molecule has 0 rings (SSSR count). The Labute approximate surface area is 227 Å². The smallest absolute Gasteiger partial charge is 0.308 e. The Morgan fingerprint density at radius 1 is 0.447 bits per heavy atom. The minimum absolute atomic E-state index is 0.231. The van der Waals surface area contributed by atoms with Crippen molar-refractivity contribution in [2.45, 2.75) is 46.1 Å². The molecule has 0 radical (unpaired) electrons. The highest BCUT2D eigenvalue weighted by Gasteiger charge is 2.15. The molecule has 0 aromatic rings. The maximum Gasteiger partial charge on any atom is 0.308 e. The van der Waals surface area contributed by atoms with Crippen LogP contribution < -0.4 is 0 Å². The molecule has 0 amide bonds. The molecule has 0 saturated heterocycles. The van der Waals surface area contributed by atoms with Gasteiger partial charge < -0.3 is 47.4 Å². The van der Waals surface area contributed by atoms with Gasteiger partial charge in [0, 0.05) is 0 Å². The lowest BCUT2D eigenvalue weighted by atomic mass is 10.2. The van der Waals surface area contributed by atoms with Gasteiger partial charge in [0.2, 0.25) is 0 Å². The molecule has 0 fully saturated rings. The van der Waals surface area contributed by atoms with Crippen molar-refractivity contribution < 1.29 is 57.0 Å². The largest absolute Gasteiger partial charge is 0.466 e. The normalized spacial score (nSPS) is 11.6. The second kappa shape index (κ2) is 27.2. The summed E-state index contributed by atoms with van der Waals surface area (Å²) in [5.74, 6) is -0.520. The molecule has 38 heavy (non-hydrogen) atoms. The molecule has 12 heteroatoms. The summed E-state index contributed by atoms with van der Waals surface area (Å²) in [5.41, 5.74) is -0.473. The third-order valence-electron chi connectivity index (χ3n) is 4.23.